The van der Waals surface area contributed by atoms with E-state index in [0.717, 1.165) is 6.42 Å². The maximum Gasteiger partial charge on any atom is 0.296 e. The van der Waals surface area contributed by atoms with Gasteiger partial charge in [-0.05, 0) is 25.5 Å². The number of amides is 1. The first-order chi connectivity index (χ1) is 9.58. The van der Waals surface area contributed by atoms with Gasteiger partial charge in [0.1, 0.15) is 18.0 Å². The molecule has 0 aliphatic rings. The third kappa shape index (κ3) is 4.85. The molecule has 7 heteroatoms. The molecule has 1 N–H and O–H groups in total. The third-order valence-corrected chi connectivity index (χ3v) is 2.33. The Kier molecular flexibility index (Phi) is 6.45. The summed E-state index contributed by atoms with van der Waals surface area (Å²) in [5.41, 5.74) is -0.0802. The SMILES string of the molecule is CCCOCC(=O)Nc1ccc(OCC)cc1[N+](=O)[O-]. The molecule has 0 radical (unpaired) electrons. The number of hydrogen-bond acceptors (Lipinski definition) is 5. The van der Waals surface area contributed by atoms with Gasteiger partial charge >= 0.3 is 0 Å². The molecule has 110 valence electrons. The maximum atomic E-state index is 11.6. The van der Waals surface area contributed by atoms with Gasteiger partial charge in [-0.1, -0.05) is 6.92 Å². The number of carbonyl (C=O) groups excluding carboxylic acids is 1. The number of rotatable bonds is 8. The van der Waals surface area contributed by atoms with Crippen molar-refractivity contribution in [1.29, 1.82) is 0 Å². The molecule has 0 unspecified atom stereocenters. The van der Waals surface area contributed by atoms with Crippen LogP contribution in [0, 0.1) is 10.1 Å². The zero-order chi connectivity index (χ0) is 15.0. The number of nitro benzene ring substituents is 1. The highest BCUT2D eigenvalue weighted by Crippen LogP contribution is 2.29. The molecule has 7 nitrogen and oxygen atoms in total. The van der Waals surface area contributed by atoms with Crippen LogP contribution in [0.4, 0.5) is 11.4 Å². The van der Waals surface area contributed by atoms with Gasteiger partial charge in [-0.25, -0.2) is 0 Å². The van der Waals surface area contributed by atoms with Crippen LogP contribution in [0.3, 0.4) is 0 Å². The highest BCUT2D eigenvalue weighted by Gasteiger charge is 2.17. The van der Waals surface area contributed by atoms with Crippen LogP contribution in [0.25, 0.3) is 0 Å². The average Bonchev–Trinajstić information content (AvgIpc) is 2.41. The number of nitrogens with zero attached hydrogens (tertiary/aromatic N) is 1. The molecule has 0 saturated heterocycles. The van der Waals surface area contributed by atoms with Gasteiger partial charge in [-0.2, -0.15) is 0 Å². The van der Waals surface area contributed by atoms with Crippen molar-refractivity contribution in [2.75, 3.05) is 25.1 Å². The Morgan fingerprint density at radius 2 is 2.15 bits per heavy atom. The molecule has 1 aromatic rings. The minimum atomic E-state index is -0.564. The van der Waals surface area contributed by atoms with Crippen molar-refractivity contribution < 1.29 is 19.2 Å². The number of benzene rings is 1. The van der Waals surface area contributed by atoms with Crippen molar-refractivity contribution >= 4 is 17.3 Å². The highest BCUT2D eigenvalue weighted by molar-refractivity contribution is 5.94. The number of hydrogen-bond donors (Lipinski definition) is 1. The summed E-state index contributed by atoms with van der Waals surface area (Å²) in [7, 11) is 0. The van der Waals surface area contributed by atoms with Crippen LogP contribution in [-0.4, -0.2) is 30.7 Å². The van der Waals surface area contributed by atoms with E-state index in [2.05, 4.69) is 5.32 Å². The molecule has 0 heterocycles. The molecule has 20 heavy (non-hydrogen) atoms. The van der Waals surface area contributed by atoms with Crippen molar-refractivity contribution in [3.05, 3.63) is 28.3 Å². The largest absolute Gasteiger partial charge is 0.494 e. The minimum Gasteiger partial charge on any atom is -0.494 e. The molecule has 1 aromatic carbocycles. The van der Waals surface area contributed by atoms with E-state index in [0.29, 0.717) is 19.0 Å². The minimum absolute atomic E-state index is 0.127. The molecule has 0 atom stereocenters. The first-order valence-electron chi connectivity index (χ1n) is 6.37. The quantitative estimate of drug-likeness (QED) is 0.449. The maximum absolute atomic E-state index is 11.6. The number of ether oxygens (including phenoxy) is 2. The van der Waals surface area contributed by atoms with E-state index >= 15 is 0 Å². The predicted molar refractivity (Wildman–Crippen MR) is 74.0 cm³/mol. The van der Waals surface area contributed by atoms with E-state index in [-0.39, 0.29) is 18.0 Å². The molecule has 0 bridgehead atoms. The van der Waals surface area contributed by atoms with Crippen LogP contribution in [-0.2, 0) is 9.53 Å². The lowest BCUT2D eigenvalue weighted by molar-refractivity contribution is -0.384. The fourth-order valence-corrected chi connectivity index (χ4v) is 1.52. The Morgan fingerprint density at radius 3 is 2.75 bits per heavy atom. The summed E-state index contributed by atoms with van der Waals surface area (Å²) in [6.45, 7) is 4.46. The summed E-state index contributed by atoms with van der Waals surface area (Å²) < 4.78 is 10.3. The molecule has 1 amide bonds. The molecular formula is C13H18N2O5. The van der Waals surface area contributed by atoms with Crippen LogP contribution >= 0.6 is 0 Å². The molecule has 1 rings (SSSR count). The van der Waals surface area contributed by atoms with Crippen molar-refractivity contribution in [2.24, 2.45) is 0 Å². The topological polar surface area (TPSA) is 90.7 Å². The Labute approximate surface area is 117 Å². The smallest absolute Gasteiger partial charge is 0.296 e. The summed E-state index contributed by atoms with van der Waals surface area (Å²) in [6.07, 6.45) is 0.802. The van der Waals surface area contributed by atoms with Crippen LogP contribution < -0.4 is 10.1 Å². The number of carbonyl (C=O) groups is 1. The van der Waals surface area contributed by atoms with Gasteiger partial charge in [-0.15, -0.1) is 0 Å². The van der Waals surface area contributed by atoms with Crippen LogP contribution in [0.5, 0.6) is 5.75 Å². The highest BCUT2D eigenvalue weighted by atomic mass is 16.6. The summed E-state index contributed by atoms with van der Waals surface area (Å²) in [5.74, 6) is -0.0369. The predicted octanol–water partition coefficient (Wildman–Crippen LogP) is 2.36. The number of nitro groups is 1. The third-order valence-electron chi connectivity index (χ3n) is 2.33. The monoisotopic (exact) mass is 282 g/mol. The zero-order valence-electron chi connectivity index (χ0n) is 11.5. The van der Waals surface area contributed by atoms with E-state index in [1.54, 1.807) is 13.0 Å². The van der Waals surface area contributed by atoms with Gasteiger partial charge < -0.3 is 14.8 Å². The summed E-state index contributed by atoms with van der Waals surface area (Å²) in [6, 6.07) is 4.30. The second-order valence-corrected chi connectivity index (χ2v) is 3.97. The van der Waals surface area contributed by atoms with E-state index < -0.39 is 10.8 Å². The van der Waals surface area contributed by atoms with Crippen LogP contribution in [0.1, 0.15) is 20.3 Å². The van der Waals surface area contributed by atoms with Crippen LogP contribution in [0.2, 0.25) is 0 Å². The van der Waals surface area contributed by atoms with Gasteiger partial charge in [0.25, 0.3) is 11.6 Å². The Bertz CT molecular complexity index is 476. The van der Waals surface area contributed by atoms with E-state index in [4.69, 9.17) is 9.47 Å². The Hall–Kier alpha value is -2.15. The van der Waals surface area contributed by atoms with Gasteiger partial charge in [0.15, 0.2) is 0 Å². The molecule has 0 aliphatic carbocycles. The molecule has 0 spiro atoms. The normalized spacial score (nSPS) is 10.1. The summed E-state index contributed by atoms with van der Waals surface area (Å²) in [5, 5.41) is 13.4. The fraction of sp³-hybridized carbons (Fsp3) is 0.462. The van der Waals surface area contributed by atoms with Gasteiger partial charge in [-0.3, -0.25) is 14.9 Å². The van der Waals surface area contributed by atoms with Gasteiger partial charge in [0, 0.05) is 6.61 Å². The molecule has 0 aliphatic heterocycles. The Morgan fingerprint density at radius 1 is 1.40 bits per heavy atom. The second kappa shape index (κ2) is 8.11. The number of anilines is 1. The van der Waals surface area contributed by atoms with Crippen molar-refractivity contribution in [2.45, 2.75) is 20.3 Å². The number of nitrogens with one attached hydrogen (secondary N) is 1. The molecular weight excluding hydrogens is 264 g/mol. The fourth-order valence-electron chi connectivity index (χ4n) is 1.52. The van der Waals surface area contributed by atoms with Crippen molar-refractivity contribution in [3.63, 3.8) is 0 Å². The van der Waals surface area contributed by atoms with Gasteiger partial charge in [0.05, 0.1) is 17.6 Å². The zero-order valence-corrected chi connectivity index (χ0v) is 11.5. The Balaban J connectivity index is 2.78. The molecule has 0 aromatic heterocycles. The summed E-state index contributed by atoms with van der Waals surface area (Å²) in [4.78, 5) is 22.0. The lowest BCUT2D eigenvalue weighted by Gasteiger charge is -2.08. The molecule has 0 fully saturated rings. The van der Waals surface area contributed by atoms with Crippen molar-refractivity contribution in [1.82, 2.24) is 0 Å². The van der Waals surface area contributed by atoms with E-state index in [1.807, 2.05) is 6.92 Å². The average molecular weight is 282 g/mol. The standard InChI is InChI=1S/C13H18N2O5/c1-3-7-19-9-13(16)14-11-6-5-10(20-4-2)8-12(11)15(17)18/h5-6,8H,3-4,7,9H2,1-2H3,(H,14,16). The lowest BCUT2D eigenvalue weighted by Crippen LogP contribution is -2.19. The van der Waals surface area contributed by atoms with Crippen molar-refractivity contribution in [3.8, 4) is 5.75 Å². The van der Waals surface area contributed by atoms with Gasteiger partial charge in [0.2, 0.25) is 0 Å². The first kappa shape index (κ1) is 15.9. The van der Waals surface area contributed by atoms with E-state index in [9.17, 15) is 14.9 Å². The lowest BCUT2D eigenvalue weighted by atomic mass is 10.2. The molecule has 0 saturated carbocycles. The van der Waals surface area contributed by atoms with E-state index in [1.165, 1.54) is 12.1 Å². The van der Waals surface area contributed by atoms with Crippen LogP contribution in [0.15, 0.2) is 18.2 Å². The first-order valence-corrected chi connectivity index (χ1v) is 6.37. The summed E-state index contributed by atoms with van der Waals surface area (Å²) >= 11 is 0. The second-order valence-electron chi connectivity index (χ2n) is 3.97.